The standard InChI is InChI=1S/C13H22N2O/c1-4-7-16-9-13(15-14)12-6-5-10(2)8-11(12)3/h5-6,8,13,15H,4,7,9,14H2,1-3H3. The molecular weight excluding hydrogens is 200 g/mol. The van der Waals surface area contributed by atoms with Crippen molar-refractivity contribution in [1.29, 1.82) is 0 Å². The van der Waals surface area contributed by atoms with Crippen molar-refractivity contribution in [2.45, 2.75) is 33.2 Å². The predicted molar refractivity (Wildman–Crippen MR) is 67.1 cm³/mol. The number of rotatable bonds is 6. The molecule has 0 heterocycles. The summed E-state index contributed by atoms with van der Waals surface area (Å²) in [7, 11) is 0. The van der Waals surface area contributed by atoms with Crippen LogP contribution >= 0.6 is 0 Å². The second-order valence-electron chi connectivity index (χ2n) is 4.15. The van der Waals surface area contributed by atoms with Crippen molar-refractivity contribution >= 4 is 0 Å². The summed E-state index contributed by atoms with van der Waals surface area (Å²) in [4.78, 5) is 0. The highest BCUT2D eigenvalue weighted by Gasteiger charge is 2.11. The lowest BCUT2D eigenvalue weighted by Gasteiger charge is -2.18. The van der Waals surface area contributed by atoms with Gasteiger partial charge in [0.25, 0.3) is 0 Å². The number of ether oxygens (including phenoxy) is 1. The summed E-state index contributed by atoms with van der Waals surface area (Å²) in [5, 5.41) is 0. The molecule has 1 atom stereocenters. The van der Waals surface area contributed by atoms with E-state index in [2.05, 4.69) is 44.4 Å². The van der Waals surface area contributed by atoms with Crippen molar-refractivity contribution in [2.24, 2.45) is 5.84 Å². The Kier molecular flexibility index (Phi) is 5.46. The quantitative estimate of drug-likeness (QED) is 0.441. The highest BCUT2D eigenvalue weighted by Crippen LogP contribution is 2.18. The Balaban J connectivity index is 2.70. The molecule has 0 aliphatic heterocycles. The van der Waals surface area contributed by atoms with Crippen molar-refractivity contribution in [3.8, 4) is 0 Å². The molecule has 0 saturated carbocycles. The summed E-state index contributed by atoms with van der Waals surface area (Å²) in [6.45, 7) is 7.70. The van der Waals surface area contributed by atoms with Gasteiger partial charge in [0.2, 0.25) is 0 Å². The summed E-state index contributed by atoms with van der Waals surface area (Å²) < 4.78 is 5.53. The van der Waals surface area contributed by atoms with Gasteiger partial charge >= 0.3 is 0 Å². The number of aryl methyl sites for hydroxylation is 2. The smallest absolute Gasteiger partial charge is 0.0696 e. The first-order chi connectivity index (χ1) is 7.69. The number of benzene rings is 1. The molecule has 0 radical (unpaired) electrons. The molecule has 0 saturated heterocycles. The average Bonchev–Trinajstić information content (AvgIpc) is 2.26. The number of hydrazine groups is 1. The monoisotopic (exact) mass is 222 g/mol. The molecule has 3 N–H and O–H groups in total. The molecule has 0 aromatic heterocycles. The van der Waals surface area contributed by atoms with Crippen LogP contribution in [-0.4, -0.2) is 13.2 Å². The van der Waals surface area contributed by atoms with Crippen LogP contribution in [0.15, 0.2) is 18.2 Å². The Morgan fingerprint density at radius 3 is 2.69 bits per heavy atom. The van der Waals surface area contributed by atoms with E-state index in [1.807, 2.05) is 0 Å². The second kappa shape index (κ2) is 6.63. The van der Waals surface area contributed by atoms with Gasteiger partial charge in [0, 0.05) is 6.61 Å². The lowest BCUT2D eigenvalue weighted by Crippen LogP contribution is -2.32. The molecule has 3 nitrogen and oxygen atoms in total. The van der Waals surface area contributed by atoms with Gasteiger partial charge in [-0.1, -0.05) is 30.7 Å². The fraction of sp³-hybridized carbons (Fsp3) is 0.538. The zero-order valence-corrected chi connectivity index (χ0v) is 10.4. The fourth-order valence-electron chi connectivity index (χ4n) is 1.79. The molecule has 90 valence electrons. The molecule has 1 aromatic carbocycles. The van der Waals surface area contributed by atoms with E-state index in [9.17, 15) is 0 Å². The van der Waals surface area contributed by atoms with Crippen LogP contribution in [0.3, 0.4) is 0 Å². The first-order valence-corrected chi connectivity index (χ1v) is 5.80. The zero-order chi connectivity index (χ0) is 12.0. The van der Waals surface area contributed by atoms with E-state index in [1.54, 1.807) is 0 Å². The van der Waals surface area contributed by atoms with Gasteiger partial charge in [0.05, 0.1) is 12.6 Å². The molecule has 0 spiro atoms. The normalized spacial score (nSPS) is 12.8. The Hall–Kier alpha value is -0.900. The van der Waals surface area contributed by atoms with Crippen LogP contribution < -0.4 is 11.3 Å². The van der Waals surface area contributed by atoms with Crippen molar-refractivity contribution < 1.29 is 4.74 Å². The van der Waals surface area contributed by atoms with E-state index in [-0.39, 0.29) is 6.04 Å². The second-order valence-corrected chi connectivity index (χ2v) is 4.15. The van der Waals surface area contributed by atoms with Crippen LogP contribution in [0.25, 0.3) is 0 Å². The van der Waals surface area contributed by atoms with Gasteiger partial charge in [-0.25, -0.2) is 0 Å². The van der Waals surface area contributed by atoms with Gasteiger partial charge in [-0.05, 0) is 31.4 Å². The summed E-state index contributed by atoms with van der Waals surface area (Å²) >= 11 is 0. The SMILES string of the molecule is CCCOCC(NN)c1ccc(C)cc1C. The van der Waals surface area contributed by atoms with Crippen molar-refractivity contribution in [2.75, 3.05) is 13.2 Å². The van der Waals surface area contributed by atoms with Crippen molar-refractivity contribution in [3.63, 3.8) is 0 Å². The maximum atomic E-state index is 5.56. The zero-order valence-electron chi connectivity index (χ0n) is 10.4. The highest BCUT2D eigenvalue weighted by atomic mass is 16.5. The highest BCUT2D eigenvalue weighted by molar-refractivity contribution is 5.32. The molecule has 1 unspecified atom stereocenters. The first-order valence-electron chi connectivity index (χ1n) is 5.80. The molecule has 1 rings (SSSR count). The minimum Gasteiger partial charge on any atom is -0.379 e. The molecule has 0 bridgehead atoms. The van der Waals surface area contributed by atoms with Crippen LogP contribution in [0.1, 0.15) is 36.1 Å². The van der Waals surface area contributed by atoms with Crippen LogP contribution in [0, 0.1) is 13.8 Å². The summed E-state index contributed by atoms with van der Waals surface area (Å²) in [5.41, 5.74) is 6.55. The summed E-state index contributed by atoms with van der Waals surface area (Å²) in [5.74, 6) is 5.56. The predicted octanol–water partition coefficient (Wildman–Crippen LogP) is 2.23. The minimum absolute atomic E-state index is 0.0761. The number of nitrogens with two attached hydrogens (primary N) is 1. The molecule has 3 heteroatoms. The van der Waals surface area contributed by atoms with Crippen LogP contribution in [0.2, 0.25) is 0 Å². The van der Waals surface area contributed by atoms with Gasteiger partial charge in [0.15, 0.2) is 0 Å². The van der Waals surface area contributed by atoms with E-state index in [1.165, 1.54) is 16.7 Å². The van der Waals surface area contributed by atoms with Gasteiger partial charge in [-0.2, -0.15) is 0 Å². The lowest BCUT2D eigenvalue weighted by atomic mass is 10.00. The third kappa shape index (κ3) is 3.59. The number of hydrogen-bond acceptors (Lipinski definition) is 3. The molecule has 0 amide bonds. The maximum absolute atomic E-state index is 5.56. The van der Waals surface area contributed by atoms with Gasteiger partial charge in [-0.3, -0.25) is 11.3 Å². The number of nitrogens with one attached hydrogen (secondary N) is 1. The van der Waals surface area contributed by atoms with Gasteiger partial charge in [-0.15, -0.1) is 0 Å². The third-order valence-electron chi connectivity index (χ3n) is 2.63. The Labute approximate surface area is 98.0 Å². The molecule has 16 heavy (non-hydrogen) atoms. The summed E-state index contributed by atoms with van der Waals surface area (Å²) in [6, 6.07) is 6.46. The minimum atomic E-state index is 0.0761. The van der Waals surface area contributed by atoms with E-state index >= 15 is 0 Å². The third-order valence-corrected chi connectivity index (χ3v) is 2.63. The molecular formula is C13H22N2O. The van der Waals surface area contributed by atoms with E-state index in [0.717, 1.165) is 13.0 Å². The molecule has 0 aliphatic carbocycles. The topological polar surface area (TPSA) is 47.3 Å². The van der Waals surface area contributed by atoms with Crippen LogP contribution in [0.4, 0.5) is 0 Å². The largest absolute Gasteiger partial charge is 0.379 e. The molecule has 0 aliphatic rings. The lowest BCUT2D eigenvalue weighted by molar-refractivity contribution is 0.112. The van der Waals surface area contributed by atoms with Crippen molar-refractivity contribution in [1.82, 2.24) is 5.43 Å². The average molecular weight is 222 g/mol. The summed E-state index contributed by atoms with van der Waals surface area (Å²) in [6.07, 6.45) is 1.03. The first kappa shape index (κ1) is 13.2. The van der Waals surface area contributed by atoms with Gasteiger partial charge < -0.3 is 4.74 Å². The van der Waals surface area contributed by atoms with Crippen LogP contribution in [0.5, 0.6) is 0 Å². The van der Waals surface area contributed by atoms with Crippen molar-refractivity contribution in [3.05, 3.63) is 34.9 Å². The van der Waals surface area contributed by atoms with E-state index < -0.39 is 0 Å². The van der Waals surface area contributed by atoms with E-state index in [0.29, 0.717) is 6.61 Å². The van der Waals surface area contributed by atoms with Crippen LogP contribution in [-0.2, 0) is 4.74 Å². The Bertz CT molecular complexity index is 326. The van der Waals surface area contributed by atoms with Gasteiger partial charge in [0.1, 0.15) is 0 Å². The number of hydrogen-bond donors (Lipinski definition) is 2. The Morgan fingerprint density at radius 1 is 1.38 bits per heavy atom. The molecule has 1 aromatic rings. The molecule has 0 fully saturated rings. The maximum Gasteiger partial charge on any atom is 0.0696 e. The Morgan fingerprint density at radius 2 is 2.12 bits per heavy atom. The fourth-order valence-corrected chi connectivity index (χ4v) is 1.79. The van der Waals surface area contributed by atoms with E-state index in [4.69, 9.17) is 10.6 Å².